The Morgan fingerprint density at radius 2 is 1.94 bits per heavy atom. The summed E-state index contributed by atoms with van der Waals surface area (Å²) >= 11 is 0. The highest BCUT2D eigenvalue weighted by molar-refractivity contribution is 5.92. The van der Waals surface area contributed by atoms with Crippen LogP contribution in [0.25, 0.3) is 0 Å². The number of aliphatic imine (C=N–C) groups is 1. The third-order valence-corrected chi connectivity index (χ3v) is 3.15. The first-order valence-corrected chi connectivity index (χ1v) is 5.17. The fourth-order valence-electron chi connectivity index (χ4n) is 2.01. The van der Waals surface area contributed by atoms with E-state index in [1.54, 1.807) is 30.3 Å². The number of nitrogens with two attached hydrogens (primary N) is 1. The molecule has 0 saturated heterocycles. The molecule has 4 heteroatoms. The summed E-state index contributed by atoms with van der Waals surface area (Å²) in [5, 5.41) is 0. The second-order valence-corrected chi connectivity index (χ2v) is 4.03. The van der Waals surface area contributed by atoms with Crippen LogP contribution in [0.3, 0.4) is 0 Å². The lowest BCUT2D eigenvalue weighted by Crippen LogP contribution is -2.31. The molecule has 4 nitrogen and oxygen atoms in total. The van der Waals surface area contributed by atoms with Gasteiger partial charge in [-0.2, -0.15) is 4.99 Å². The standard InChI is InChI=1S/C12H12N2O2/c13-11(16)9-2-4-10(5-3-9)12(14-8-15)6-1-7-12/h2-5H,1,6-7H2,(H2,13,16). The van der Waals surface area contributed by atoms with Crippen molar-refractivity contribution in [2.45, 2.75) is 24.8 Å². The average Bonchev–Trinajstić information content (AvgIpc) is 2.23. The number of amides is 1. The van der Waals surface area contributed by atoms with Crippen LogP contribution in [0.4, 0.5) is 0 Å². The van der Waals surface area contributed by atoms with Gasteiger partial charge in [0, 0.05) is 5.56 Å². The van der Waals surface area contributed by atoms with Crippen molar-refractivity contribution in [3.63, 3.8) is 0 Å². The van der Waals surface area contributed by atoms with Gasteiger partial charge < -0.3 is 5.73 Å². The van der Waals surface area contributed by atoms with Crippen LogP contribution in [0.1, 0.15) is 35.2 Å². The lowest BCUT2D eigenvalue weighted by atomic mass is 9.72. The van der Waals surface area contributed by atoms with Crippen molar-refractivity contribution < 1.29 is 9.59 Å². The van der Waals surface area contributed by atoms with E-state index >= 15 is 0 Å². The minimum absolute atomic E-state index is 0.405. The predicted octanol–water partition coefficient (Wildman–Crippen LogP) is 1.50. The van der Waals surface area contributed by atoms with Crippen molar-refractivity contribution in [3.05, 3.63) is 35.4 Å². The largest absolute Gasteiger partial charge is 0.366 e. The number of isocyanates is 1. The fraction of sp³-hybridized carbons (Fsp3) is 0.333. The second-order valence-electron chi connectivity index (χ2n) is 4.03. The summed E-state index contributed by atoms with van der Waals surface area (Å²) in [5.41, 5.74) is 6.17. The summed E-state index contributed by atoms with van der Waals surface area (Å²) in [4.78, 5) is 25.2. The first-order chi connectivity index (χ1) is 7.68. The molecule has 0 atom stereocenters. The Balaban J connectivity index is 2.33. The van der Waals surface area contributed by atoms with E-state index in [1.165, 1.54) is 0 Å². The normalized spacial score (nSPS) is 17.0. The molecule has 1 aromatic rings. The summed E-state index contributed by atoms with van der Waals surface area (Å²) < 4.78 is 0. The molecule has 0 unspecified atom stereocenters. The van der Waals surface area contributed by atoms with Crippen LogP contribution < -0.4 is 5.73 Å². The molecule has 1 fully saturated rings. The number of hydrogen-bond donors (Lipinski definition) is 1. The van der Waals surface area contributed by atoms with E-state index in [0.717, 1.165) is 24.8 Å². The van der Waals surface area contributed by atoms with E-state index in [-0.39, 0.29) is 0 Å². The number of hydrogen-bond acceptors (Lipinski definition) is 3. The Morgan fingerprint density at radius 3 is 2.31 bits per heavy atom. The van der Waals surface area contributed by atoms with Crippen LogP contribution in [0, 0.1) is 0 Å². The monoisotopic (exact) mass is 216 g/mol. The number of carbonyl (C=O) groups is 1. The molecule has 0 spiro atoms. The molecule has 1 aromatic carbocycles. The van der Waals surface area contributed by atoms with Crippen LogP contribution in [-0.2, 0) is 10.3 Å². The minimum atomic E-state index is -0.451. The number of nitrogens with zero attached hydrogens (tertiary/aromatic N) is 1. The zero-order valence-electron chi connectivity index (χ0n) is 8.77. The van der Waals surface area contributed by atoms with Gasteiger partial charge in [-0.25, -0.2) is 4.79 Å². The van der Waals surface area contributed by atoms with E-state index in [9.17, 15) is 9.59 Å². The van der Waals surface area contributed by atoms with Crippen LogP contribution >= 0.6 is 0 Å². The summed E-state index contributed by atoms with van der Waals surface area (Å²) in [6, 6.07) is 6.94. The molecule has 16 heavy (non-hydrogen) atoms. The van der Waals surface area contributed by atoms with Gasteiger partial charge in [0.2, 0.25) is 12.0 Å². The number of rotatable bonds is 3. The average molecular weight is 216 g/mol. The van der Waals surface area contributed by atoms with Crippen molar-refractivity contribution in [2.24, 2.45) is 10.7 Å². The molecule has 1 aliphatic carbocycles. The van der Waals surface area contributed by atoms with Crippen LogP contribution in [0.2, 0.25) is 0 Å². The maximum atomic E-state index is 10.9. The number of carbonyl (C=O) groups excluding carboxylic acids is 2. The van der Waals surface area contributed by atoms with E-state index in [4.69, 9.17) is 5.73 Å². The molecule has 1 saturated carbocycles. The predicted molar refractivity (Wildman–Crippen MR) is 58.6 cm³/mol. The van der Waals surface area contributed by atoms with Crippen molar-refractivity contribution in [1.82, 2.24) is 0 Å². The third kappa shape index (κ3) is 1.64. The Hall–Kier alpha value is -1.93. The molecule has 0 aliphatic heterocycles. The molecule has 1 amide bonds. The molecule has 0 bridgehead atoms. The summed E-state index contributed by atoms with van der Waals surface area (Å²) in [6.45, 7) is 0. The smallest absolute Gasteiger partial charge is 0.248 e. The molecule has 1 aliphatic rings. The molecular weight excluding hydrogens is 204 g/mol. The summed E-state index contributed by atoms with van der Waals surface area (Å²) in [6.07, 6.45) is 4.41. The van der Waals surface area contributed by atoms with Crippen LogP contribution in [0.15, 0.2) is 29.3 Å². The highest BCUT2D eigenvalue weighted by atomic mass is 16.1. The molecule has 2 rings (SSSR count). The quantitative estimate of drug-likeness (QED) is 0.614. The van der Waals surface area contributed by atoms with Gasteiger partial charge in [0.05, 0.1) is 5.54 Å². The third-order valence-electron chi connectivity index (χ3n) is 3.15. The van der Waals surface area contributed by atoms with Gasteiger partial charge in [-0.3, -0.25) is 4.79 Å². The summed E-state index contributed by atoms with van der Waals surface area (Å²) in [7, 11) is 0. The van der Waals surface area contributed by atoms with Gasteiger partial charge in [0.1, 0.15) is 0 Å². The van der Waals surface area contributed by atoms with Crippen molar-refractivity contribution in [3.8, 4) is 0 Å². The van der Waals surface area contributed by atoms with E-state index in [1.807, 2.05) is 0 Å². The van der Waals surface area contributed by atoms with Crippen LogP contribution in [-0.4, -0.2) is 12.0 Å². The van der Waals surface area contributed by atoms with Crippen LogP contribution in [0.5, 0.6) is 0 Å². The van der Waals surface area contributed by atoms with Gasteiger partial charge in [-0.1, -0.05) is 12.1 Å². The lowest BCUT2D eigenvalue weighted by molar-refractivity contribution is 0.1000. The first-order valence-electron chi connectivity index (χ1n) is 5.17. The van der Waals surface area contributed by atoms with Gasteiger partial charge in [-0.05, 0) is 37.0 Å². The van der Waals surface area contributed by atoms with E-state index in [0.29, 0.717) is 5.56 Å². The van der Waals surface area contributed by atoms with Gasteiger partial charge in [-0.15, -0.1) is 0 Å². The van der Waals surface area contributed by atoms with Crippen molar-refractivity contribution in [1.29, 1.82) is 0 Å². The molecule has 0 radical (unpaired) electrons. The van der Waals surface area contributed by atoms with Crippen molar-refractivity contribution >= 4 is 12.0 Å². The molecular formula is C12H12N2O2. The lowest BCUT2D eigenvalue weighted by Gasteiger charge is -2.37. The van der Waals surface area contributed by atoms with Crippen molar-refractivity contribution in [2.75, 3.05) is 0 Å². The Kier molecular flexibility index (Phi) is 2.59. The van der Waals surface area contributed by atoms with Gasteiger partial charge in [0.25, 0.3) is 0 Å². The maximum Gasteiger partial charge on any atom is 0.248 e. The number of primary amides is 1. The maximum absolute atomic E-state index is 10.9. The van der Waals surface area contributed by atoms with E-state index in [2.05, 4.69) is 4.99 Å². The highest BCUT2D eigenvalue weighted by Gasteiger charge is 2.38. The molecule has 82 valence electrons. The molecule has 0 aromatic heterocycles. The zero-order valence-corrected chi connectivity index (χ0v) is 8.77. The highest BCUT2D eigenvalue weighted by Crippen LogP contribution is 2.44. The fourth-order valence-corrected chi connectivity index (χ4v) is 2.01. The Morgan fingerprint density at radius 1 is 1.31 bits per heavy atom. The summed E-state index contributed by atoms with van der Waals surface area (Å²) in [5.74, 6) is -0.451. The number of benzene rings is 1. The Bertz CT molecular complexity index is 454. The molecule has 0 heterocycles. The van der Waals surface area contributed by atoms with Gasteiger partial charge in [0.15, 0.2) is 0 Å². The molecule has 2 N–H and O–H groups in total. The minimum Gasteiger partial charge on any atom is -0.366 e. The zero-order chi connectivity index (χ0) is 11.6. The van der Waals surface area contributed by atoms with E-state index < -0.39 is 11.4 Å². The topological polar surface area (TPSA) is 72.5 Å². The Labute approximate surface area is 93.2 Å². The van der Waals surface area contributed by atoms with Gasteiger partial charge >= 0.3 is 0 Å². The second kappa shape index (κ2) is 3.91. The SMILES string of the molecule is NC(=O)c1ccc(C2(N=C=O)CCC2)cc1. The first kappa shape index (κ1) is 10.6.